The van der Waals surface area contributed by atoms with Crippen LogP contribution in [0.15, 0.2) is 36.4 Å². The zero-order valence-electron chi connectivity index (χ0n) is 15.6. The largest absolute Gasteiger partial charge is 0.394 e. The molecule has 0 amide bonds. The zero-order chi connectivity index (χ0) is 18.4. The smallest absolute Gasteiger partial charge is 0.179 e. The fourth-order valence-electron chi connectivity index (χ4n) is 3.04. The molecule has 0 unspecified atom stereocenters. The molecule has 0 aliphatic heterocycles. The summed E-state index contributed by atoms with van der Waals surface area (Å²) in [6.45, 7) is 3.91. The van der Waals surface area contributed by atoms with Gasteiger partial charge in [0.15, 0.2) is 5.78 Å². The molecule has 2 aromatic rings. The first-order valence-corrected chi connectivity index (χ1v) is 8.96. The number of aromatic nitrogens is 1. The third-order valence-electron chi connectivity index (χ3n) is 4.94. The van der Waals surface area contributed by atoms with Crippen LogP contribution >= 0.6 is 0 Å². The van der Waals surface area contributed by atoms with Crippen molar-refractivity contribution >= 4 is 5.78 Å². The summed E-state index contributed by atoms with van der Waals surface area (Å²) in [6.07, 6.45) is 3.77. The van der Waals surface area contributed by atoms with Crippen LogP contribution in [0.25, 0.3) is 0 Å². The van der Waals surface area contributed by atoms with Gasteiger partial charge in [0, 0.05) is 24.7 Å². The summed E-state index contributed by atoms with van der Waals surface area (Å²) in [5.41, 5.74) is 9.83. The molecule has 1 atom stereocenters. The first kappa shape index (κ1) is 19.4. The van der Waals surface area contributed by atoms with E-state index in [0.29, 0.717) is 12.8 Å². The SMILES string of the molecule is Cc1ccccc1CCCC(=O)c1ccc(CC[C@@](C)(N)CO)n1C. The van der Waals surface area contributed by atoms with Crippen LogP contribution in [-0.4, -0.2) is 27.6 Å². The molecule has 0 fully saturated rings. The minimum Gasteiger partial charge on any atom is -0.394 e. The summed E-state index contributed by atoms with van der Waals surface area (Å²) < 4.78 is 1.96. The zero-order valence-corrected chi connectivity index (χ0v) is 15.6. The van der Waals surface area contributed by atoms with Gasteiger partial charge in [0.25, 0.3) is 0 Å². The quantitative estimate of drug-likeness (QED) is 0.688. The van der Waals surface area contributed by atoms with Gasteiger partial charge in [-0.25, -0.2) is 0 Å². The van der Waals surface area contributed by atoms with E-state index in [1.807, 2.05) is 42.8 Å². The van der Waals surface area contributed by atoms with Crippen molar-refractivity contribution in [2.75, 3.05) is 6.61 Å². The van der Waals surface area contributed by atoms with Gasteiger partial charge in [-0.3, -0.25) is 4.79 Å². The van der Waals surface area contributed by atoms with Gasteiger partial charge in [-0.15, -0.1) is 0 Å². The predicted molar refractivity (Wildman–Crippen MR) is 102 cm³/mol. The molecule has 2 rings (SSSR count). The van der Waals surface area contributed by atoms with Crippen molar-refractivity contribution in [3.8, 4) is 0 Å². The molecule has 1 aromatic carbocycles. The minimum atomic E-state index is -0.581. The Balaban J connectivity index is 1.91. The Labute approximate surface area is 150 Å². The van der Waals surface area contributed by atoms with E-state index in [4.69, 9.17) is 5.73 Å². The summed E-state index contributed by atoms with van der Waals surface area (Å²) in [7, 11) is 1.93. The van der Waals surface area contributed by atoms with Crippen LogP contribution in [0.2, 0.25) is 0 Å². The highest BCUT2D eigenvalue weighted by Crippen LogP contribution is 2.17. The fraction of sp³-hybridized carbons (Fsp3) is 0.476. The number of nitrogens with two attached hydrogens (primary N) is 1. The lowest BCUT2D eigenvalue weighted by atomic mass is 9.97. The van der Waals surface area contributed by atoms with Crippen molar-refractivity contribution in [1.82, 2.24) is 4.57 Å². The highest BCUT2D eigenvalue weighted by Gasteiger charge is 2.19. The Kier molecular flexibility index (Phi) is 6.57. The molecule has 0 bridgehead atoms. The number of benzene rings is 1. The number of carbonyl (C=O) groups is 1. The average molecular weight is 342 g/mol. The normalized spacial score (nSPS) is 13.6. The molecule has 0 aliphatic rings. The summed E-state index contributed by atoms with van der Waals surface area (Å²) >= 11 is 0. The fourth-order valence-corrected chi connectivity index (χ4v) is 3.04. The number of hydrogen-bond acceptors (Lipinski definition) is 3. The van der Waals surface area contributed by atoms with Crippen LogP contribution in [-0.2, 0) is 19.9 Å². The van der Waals surface area contributed by atoms with Crippen molar-refractivity contribution in [2.45, 2.75) is 51.5 Å². The summed E-state index contributed by atoms with van der Waals surface area (Å²) in [5, 5.41) is 9.26. The first-order chi connectivity index (χ1) is 11.8. The Morgan fingerprint density at radius 3 is 2.60 bits per heavy atom. The number of aryl methyl sites for hydroxylation is 3. The number of aliphatic hydroxyl groups excluding tert-OH is 1. The molecule has 1 heterocycles. The van der Waals surface area contributed by atoms with Gasteiger partial charge in [-0.2, -0.15) is 0 Å². The van der Waals surface area contributed by atoms with Crippen molar-refractivity contribution in [1.29, 1.82) is 0 Å². The maximum Gasteiger partial charge on any atom is 0.179 e. The van der Waals surface area contributed by atoms with Gasteiger partial charge in [0.05, 0.1) is 12.3 Å². The van der Waals surface area contributed by atoms with Gasteiger partial charge >= 0.3 is 0 Å². The van der Waals surface area contributed by atoms with Crippen LogP contribution in [0.5, 0.6) is 0 Å². The van der Waals surface area contributed by atoms with E-state index in [9.17, 15) is 9.90 Å². The second-order valence-electron chi connectivity index (χ2n) is 7.28. The standard InChI is InChI=1S/C21H30N2O2/c1-16-7-4-5-8-17(16)9-6-10-20(25)19-12-11-18(23(19)3)13-14-21(2,22)15-24/h4-5,7-8,11-12,24H,6,9-10,13-15,22H2,1-3H3/t21-/m1/s1. The molecular weight excluding hydrogens is 312 g/mol. The first-order valence-electron chi connectivity index (χ1n) is 8.96. The number of ketones is 1. The monoisotopic (exact) mass is 342 g/mol. The molecule has 0 spiro atoms. The van der Waals surface area contributed by atoms with Gasteiger partial charge in [0.2, 0.25) is 0 Å². The van der Waals surface area contributed by atoms with E-state index in [-0.39, 0.29) is 12.4 Å². The molecule has 0 radical (unpaired) electrons. The molecule has 1 aromatic heterocycles. The van der Waals surface area contributed by atoms with E-state index in [1.54, 1.807) is 0 Å². The summed E-state index contributed by atoms with van der Waals surface area (Å²) in [6, 6.07) is 12.2. The van der Waals surface area contributed by atoms with Crippen molar-refractivity contribution in [3.05, 3.63) is 58.9 Å². The van der Waals surface area contributed by atoms with E-state index in [1.165, 1.54) is 11.1 Å². The lowest BCUT2D eigenvalue weighted by molar-refractivity contribution is 0.0972. The molecule has 4 heteroatoms. The molecule has 4 nitrogen and oxygen atoms in total. The van der Waals surface area contributed by atoms with Gasteiger partial charge in [-0.05, 0) is 62.8 Å². The Hall–Kier alpha value is -1.91. The Bertz CT molecular complexity index is 716. The molecule has 136 valence electrons. The number of aliphatic hydroxyl groups is 1. The number of nitrogens with zero attached hydrogens (tertiary/aromatic N) is 1. The predicted octanol–water partition coefficient (Wildman–Crippen LogP) is 3.18. The second kappa shape index (κ2) is 8.45. The summed E-state index contributed by atoms with van der Waals surface area (Å²) in [4.78, 5) is 12.5. The van der Waals surface area contributed by atoms with E-state index in [2.05, 4.69) is 19.1 Å². The number of hydrogen-bond donors (Lipinski definition) is 2. The van der Waals surface area contributed by atoms with Crippen molar-refractivity contribution in [3.63, 3.8) is 0 Å². The maximum atomic E-state index is 12.5. The van der Waals surface area contributed by atoms with Gasteiger partial charge < -0.3 is 15.4 Å². The third-order valence-corrected chi connectivity index (χ3v) is 4.94. The van der Waals surface area contributed by atoms with Crippen molar-refractivity contribution in [2.24, 2.45) is 12.8 Å². The molecule has 0 saturated carbocycles. The van der Waals surface area contributed by atoms with E-state index in [0.717, 1.165) is 30.7 Å². The van der Waals surface area contributed by atoms with Crippen LogP contribution in [0.1, 0.15) is 53.5 Å². The molecule has 0 saturated heterocycles. The van der Waals surface area contributed by atoms with Gasteiger partial charge in [0.1, 0.15) is 0 Å². The topological polar surface area (TPSA) is 68.2 Å². The molecule has 3 N–H and O–H groups in total. The highest BCUT2D eigenvalue weighted by atomic mass is 16.3. The van der Waals surface area contributed by atoms with Crippen LogP contribution in [0.3, 0.4) is 0 Å². The Morgan fingerprint density at radius 1 is 1.20 bits per heavy atom. The highest BCUT2D eigenvalue weighted by molar-refractivity contribution is 5.94. The number of rotatable bonds is 9. The molecule has 0 aliphatic carbocycles. The van der Waals surface area contributed by atoms with E-state index < -0.39 is 5.54 Å². The molecular formula is C21H30N2O2. The van der Waals surface area contributed by atoms with Crippen LogP contribution in [0, 0.1) is 6.92 Å². The average Bonchev–Trinajstić information content (AvgIpc) is 2.95. The lowest BCUT2D eigenvalue weighted by Gasteiger charge is -2.21. The van der Waals surface area contributed by atoms with Crippen LogP contribution in [0.4, 0.5) is 0 Å². The van der Waals surface area contributed by atoms with Crippen molar-refractivity contribution < 1.29 is 9.90 Å². The Morgan fingerprint density at radius 2 is 1.92 bits per heavy atom. The maximum absolute atomic E-state index is 12.5. The van der Waals surface area contributed by atoms with Gasteiger partial charge in [-0.1, -0.05) is 24.3 Å². The number of Topliss-reactive ketones (excluding diaryl/α,β-unsaturated/α-hetero) is 1. The minimum absolute atomic E-state index is 0.0396. The third kappa shape index (κ3) is 5.28. The second-order valence-corrected chi connectivity index (χ2v) is 7.28. The summed E-state index contributed by atoms with van der Waals surface area (Å²) in [5.74, 6) is 0.181. The molecule has 25 heavy (non-hydrogen) atoms. The van der Waals surface area contributed by atoms with E-state index >= 15 is 0 Å². The lowest BCUT2D eigenvalue weighted by Crippen LogP contribution is -2.40. The van der Waals surface area contributed by atoms with Crippen LogP contribution < -0.4 is 5.73 Å². The number of carbonyl (C=O) groups excluding carboxylic acids is 1.